The summed E-state index contributed by atoms with van der Waals surface area (Å²) in [5, 5.41) is 2.85. The molecule has 0 radical (unpaired) electrons. The number of methoxy groups -OCH3 is 1. The summed E-state index contributed by atoms with van der Waals surface area (Å²) in [6, 6.07) is 6.92. The van der Waals surface area contributed by atoms with Gasteiger partial charge in [-0.05, 0) is 18.1 Å². The normalized spacial score (nSPS) is 11.9. The van der Waals surface area contributed by atoms with Crippen molar-refractivity contribution in [3.8, 4) is 0 Å². The predicted molar refractivity (Wildman–Crippen MR) is 75.7 cm³/mol. The minimum absolute atomic E-state index is 0.104. The average Bonchev–Trinajstić information content (AvgIpc) is 2.36. The number of benzene rings is 1. The smallest absolute Gasteiger partial charge is 0.251 e. The summed E-state index contributed by atoms with van der Waals surface area (Å²) in [7, 11) is 1.65. The van der Waals surface area contributed by atoms with E-state index in [1.807, 2.05) is 6.92 Å². The summed E-state index contributed by atoms with van der Waals surface area (Å²) < 4.78 is 5.00. The summed E-state index contributed by atoms with van der Waals surface area (Å²) in [4.78, 5) is 12.1. The van der Waals surface area contributed by atoms with Gasteiger partial charge in [-0.2, -0.15) is 0 Å². The SMILES string of the molecule is COCC(C)CNC(=O)c1ccc(C(N)=S)cc1. The summed E-state index contributed by atoms with van der Waals surface area (Å²) in [6.45, 7) is 3.23. The Labute approximate surface area is 113 Å². The van der Waals surface area contributed by atoms with Gasteiger partial charge < -0.3 is 15.8 Å². The lowest BCUT2D eigenvalue weighted by atomic mass is 10.1. The number of carbonyl (C=O) groups excluding carboxylic acids is 1. The molecule has 0 saturated heterocycles. The minimum Gasteiger partial charge on any atom is -0.389 e. The van der Waals surface area contributed by atoms with Crippen LogP contribution in [0.15, 0.2) is 24.3 Å². The number of hydrogen-bond donors (Lipinski definition) is 2. The van der Waals surface area contributed by atoms with Gasteiger partial charge in [0.25, 0.3) is 5.91 Å². The maximum Gasteiger partial charge on any atom is 0.251 e. The van der Waals surface area contributed by atoms with Gasteiger partial charge in [0, 0.05) is 24.8 Å². The molecule has 0 aliphatic rings. The molecule has 0 spiro atoms. The molecule has 1 aromatic carbocycles. The van der Waals surface area contributed by atoms with E-state index in [1.165, 1.54) is 0 Å². The van der Waals surface area contributed by atoms with E-state index in [0.29, 0.717) is 23.7 Å². The van der Waals surface area contributed by atoms with Crippen molar-refractivity contribution >= 4 is 23.1 Å². The van der Waals surface area contributed by atoms with Crippen LogP contribution in [0.3, 0.4) is 0 Å². The molecular formula is C13H18N2O2S. The highest BCUT2D eigenvalue weighted by Crippen LogP contribution is 2.04. The molecule has 4 nitrogen and oxygen atoms in total. The Morgan fingerprint density at radius 3 is 2.44 bits per heavy atom. The molecule has 3 N–H and O–H groups in total. The molecule has 5 heteroatoms. The molecule has 0 aliphatic heterocycles. The van der Waals surface area contributed by atoms with E-state index in [1.54, 1.807) is 31.4 Å². The van der Waals surface area contributed by atoms with Crippen molar-refractivity contribution in [2.75, 3.05) is 20.3 Å². The van der Waals surface area contributed by atoms with Gasteiger partial charge in [0.05, 0.1) is 6.61 Å². The second-order valence-corrected chi connectivity index (χ2v) is 4.65. The maximum atomic E-state index is 11.8. The Hall–Kier alpha value is -1.46. The molecule has 0 aromatic heterocycles. The third-order valence-corrected chi connectivity index (χ3v) is 2.73. The monoisotopic (exact) mass is 266 g/mol. The van der Waals surface area contributed by atoms with Crippen molar-refractivity contribution in [2.45, 2.75) is 6.92 Å². The zero-order chi connectivity index (χ0) is 13.5. The molecule has 1 unspecified atom stereocenters. The number of nitrogens with one attached hydrogen (secondary N) is 1. The van der Waals surface area contributed by atoms with Crippen molar-refractivity contribution in [3.63, 3.8) is 0 Å². The highest BCUT2D eigenvalue weighted by atomic mass is 32.1. The number of amides is 1. The Morgan fingerprint density at radius 1 is 1.39 bits per heavy atom. The zero-order valence-electron chi connectivity index (χ0n) is 10.6. The zero-order valence-corrected chi connectivity index (χ0v) is 11.4. The van der Waals surface area contributed by atoms with Crippen LogP contribution in [-0.2, 0) is 4.74 Å². The Bertz CT molecular complexity index is 418. The van der Waals surface area contributed by atoms with Crippen LogP contribution in [0.1, 0.15) is 22.8 Å². The van der Waals surface area contributed by atoms with Crippen LogP contribution in [0, 0.1) is 5.92 Å². The molecule has 18 heavy (non-hydrogen) atoms. The van der Waals surface area contributed by atoms with E-state index in [4.69, 9.17) is 22.7 Å². The average molecular weight is 266 g/mol. The van der Waals surface area contributed by atoms with Gasteiger partial charge in [-0.3, -0.25) is 4.79 Å². The topological polar surface area (TPSA) is 64.3 Å². The third-order valence-electron chi connectivity index (χ3n) is 2.49. The standard InChI is InChI=1S/C13H18N2O2S/c1-9(8-17-2)7-15-13(16)11-5-3-10(4-6-11)12(14)18/h3-6,9H,7-8H2,1-2H3,(H2,14,18)(H,15,16). The predicted octanol–water partition coefficient (Wildman–Crippen LogP) is 1.33. The van der Waals surface area contributed by atoms with E-state index < -0.39 is 0 Å². The van der Waals surface area contributed by atoms with Crippen LogP contribution in [0.25, 0.3) is 0 Å². The molecule has 0 heterocycles. The summed E-state index contributed by atoms with van der Waals surface area (Å²) in [6.07, 6.45) is 0. The van der Waals surface area contributed by atoms with Crippen molar-refractivity contribution < 1.29 is 9.53 Å². The van der Waals surface area contributed by atoms with Gasteiger partial charge in [-0.1, -0.05) is 31.3 Å². The molecule has 0 saturated carbocycles. The van der Waals surface area contributed by atoms with Crippen molar-refractivity contribution in [3.05, 3.63) is 35.4 Å². The molecule has 0 bridgehead atoms. The number of rotatable bonds is 6. The van der Waals surface area contributed by atoms with E-state index in [0.717, 1.165) is 5.56 Å². The van der Waals surface area contributed by atoms with E-state index >= 15 is 0 Å². The van der Waals surface area contributed by atoms with Crippen LogP contribution < -0.4 is 11.1 Å². The van der Waals surface area contributed by atoms with Gasteiger partial charge in [0.1, 0.15) is 4.99 Å². The van der Waals surface area contributed by atoms with Crippen LogP contribution in [-0.4, -0.2) is 31.2 Å². The molecule has 1 atom stereocenters. The van der Waals surface area contributed by atoms with Gasteiger partial charge in [-0.25, -0.2) is 0 Å². The highest BCUT2D eigenvalue weighted by Gasteiger charge is 2.08. The van der Waals surface area contributed by atoms with Crippen molar-refractivity contribution in [1.29, 1.82) is 0 Å². The summed E-state index contributed by atoms with van der Waals surface area (Å²) in [5.41, 5.74) is 6.84. The van der Waals surface area contributed by atoms with E-state index in [9.17, 15) is 4.79 Å². The summed E-state index contributed by atoms with van der Waals surface area (Å²) in [5.74, 6) is 0.183. The van der Waals surface area contributed by atoms with Crippen LogP contribution in [0.2, 0.25) is 0 Å². The van der Waals surface area contributed by atoms with Crippen molar-refractivity contribution in [2.24, 2.45) is 11.7 Å². The minimum atomic E-state index is -0.104. The largest absolute Gasteiger partial charge is 0.389 e. The summed E-state index contributed by atoms with van der Waals surface area (Å²) >= 11 is 4.85. The molecule has 0 fully saturated rings. The second-order valence-electron chi connectivity index (χ2n) is 4.21. The lowest BCUT2D eigenvalue weighted by Gasteiger charge is -2.11. The first-order valence-corrected chi connectivity index (χ1v) is 6.12. The maximum absolute atomic E-state index is 11.8. The fourth-order valence-corrected chi connectivity index (χ4v) is 1.63. The first-order valence-electron chi connectivity index (χ1n) is 5.71. The van der Waals surface area contributed by atoms with Gasteiger partial charge in [0.2, 0.25) is 0 Å². The van der Waals surface area contributed by atoms with E-state index in [2.05, 4.69) is 5.32 Å². The quantitative estimate of drug-likeness (QED) is 0.763. The molecule has 1 rings (SSSR count). The lowest BCUT2D eigenvalue weighted by Crippen LogP contribution is -2.29. The highest BCUT2D eigenvalue weighted by molar-refractivity contribution is 7.80. The first kappa shape index (κ1) is 14.6. The first-order chi connectivity index (χ1) is 8.54. The van der Waals surface area contributed by atoms with Crippen LogP contribution in [0.4, 0.5) is 0 Å². The second kappa shape index (κ2) is 7.08. The Kier molecular flexibility index (Phi) is 5.74. The molecule has 1 amide bonds. The number of nitrogens with two attached hydrogens (primary N) is 1. The number of carbonyl (C=O) groups is 1. The Balaban J connectivity index is 2.54. The lowest BCUT2D eigenvalue weighted by molar-refractivity contribution is 0.0934. The van der Waals surface area contributed by atoms with Crippen molar-refractivity contribution in [1.82, 2.24) is 5.32 Å². The van der Waals surface area contributed by atoms with Crippen LogP contribution in [0.5, 0.6) is 0 Å². The fourth-order valence-electron chi connectivity index (χ4n) is 1.50. The third kappa shape index (κ3) is 4.43. The fraction of sp³-hybridized carbons (Fsp3) is 0.385. The van der Waals surface area contributed by atoms with Crippen LogP contribution >= 0.6 is 12.2 Å². The number of hydrogen-bond acceptors (Lipinski definition) is 3. The molecular weight excluding hydrogens is 248 g/mol. The number of ether oxygens (including phenoxy) is 1. The number of thiocarbonyl (C=S) groups is 1. The molecule has 1 aromatic rings. The van der Waals surface area contributed by atoms with Gasteiger partial charge in [0.15, 0.2) is 0 Å². The Morgan fingerprint density at radius 2 is 1.94 bits per heavy atom. The van der Waals surface area contributed by atoms with Gasteiger partial charge >= 0.3 is 0 Å². The van der Waals surface area contributed by atoms with E-state index in [-0.39, 0.29) is 11.8 Å². The van der Waals surface area contributed by atoms with Gasteiger partial charge in [-0.15, -0.1) is 0 Å². The molecule has 0 aliphatic carbocycles. The molecule has 98 valence electrons.